The first kappa shape index (κ1) is 18.9. The molecule has 144 valence electrons. The number of piperidine rings is 1. The van der Waals surface area contributed by atoms with Crippen molar-refractivity contribution in [2.24, 2.45) is 4.99 Å². The average Bonchev–Trinajstić information content (AvgIpc) is 3.09. The van der Waals surface area contributed by atoms with Crippen LogP contribution in [0, 0.1) is 0 Å². The maximum atomic E-state index is 10.5. The fourth-order valence-corrected chi connectivity index (χ4v) is 4.20. The van der Waals surface area contributed by atoms with Gasteiger partial charge in [-0.1, -0.05) is 12.8 Å². The minimum Gasteiger partial charge on any atom is -0.388 e. The second-order valence-corrected chi connectivity index (χ2v) is 7.84. The molecule has 3 rings (SSSR count). The standard InChI is InChI=1S/C19H35N3O3/c1-20-18(21-15-19(23)9-3-4-10-19)22-11-7-16(8-12-22)25-14-17-6-2-5-13-24-17/h16-17,23H,2-15H2,1H3,(H,20,21). The topological polar surface area (TPSA) is 66.3 Å². The molecule has 0 aromatic carbocycles. The molecular weight excluding hydrogens is 318 g/mol. The molecule has 0 aromatic heterocycles. The summed E-state index contributed by atoms with van der Waals surface area (Å²) < 4.78 is 11.8. The molecule has 3 fully saturated rings. The summed E-state index contributed by atoms with van der Waals surface area (Å²) in [6.07, 6.45) is 10.3. The van der Waals surface area contributed by atoms with Crippen molar-refractivity contribution >= 4 is 5.96 Å². The number of hydrogen-bond acceptors (Lipinski definition) is 4. The summed E-state index contributed by atoms with van der Waals surface area (Å²) in [6.45, 7) is 4.14. The molecule has 0 amide bonds. The van der Waals surface area contributed by atoms with E-state index in [9.17, 15) is 5.11 Å². The summed E-state index contributed by atoms with van der Waals surface area (Å²) in [5.41, 5.74) is -0.544. The maximum Gasteiger partial charge on any atom is 0.193 e. The van der Waals surface area contributed by atoms with Gasteiger partial charge in [0.2, 0.25) is 0 Å². The largest absolute Gasteiger partial charge is 0.388 e. The smallest absolute Gasteiger partial charge is 0.193 e. The Balaban J connectivity index is 1.36. The number of guanidine groups is 1. The summed E-state index contributed by atoms with van der Waals surface area (Å²) in [4.78, 5) is 6.69. The van der Waals surface area contributed by atoms with Gasteiger partial charge in [-0.05, 0) is 44.9 Å². The molecule has 3 aliphatic rings. The summed E-state index contributed by atoms with van der Waals surface area (Å²) in [5, 5.41) is 13.9. The van der Waals surface area contributed by atoms with Gasteiger partial charge in [0.25, 0.3) is 0 Å². The number of likely N-dealkylation sites (tertiary alicyclic amines) is 1. The van der Waals surface area contributed by atoms with Gasteiger partial charge < -0.3 is 24.8 Å². The van der Waals surface area contributed by atoms with E-state index in [0.717, 1.165) is 77.2 Å². The van der Waals surface area contributed by atoms with E-state index in [2.05, 4.69) is 15.2 Å². The summed E-state index contributed by atoms with van der Waals surface area (Å²) >= 11 is 0. The average molecular weight is 354 g/mol. The number of nitrogens with one attached hydrogen (secondary N) is 1. The van der Waals surface area contributed by atoms with Crippen molar-refractivity contribution in [2.45, 2.75) is 75.6 Å². The van der Waals surface area contributed by atoms with Gasteiger partial charge in [0.1, 0.15) is 0 Å². The minimum absolute atomic E-state index is 0.299. The third kappa shape index (κ3) is 5.56. The SMILES string of the molecule is CN=C(NCC1(O)CCCC1)N1CCC(OCC2CCCCO2)CC1. The van der Waals surface area contributed by atoms with Crippen LogP contribution in [-0.2, 0) is 9.47 Å². The van der Waals surface area contributed by atoms with Gasteiger partial charge in [-0.2, -0.15) is 0 Å². The van der Waals surface area contributed by atoms with Crippen LogP contribution in [0.25, 0.3) is 0 Å². The number of hydrogen-bond donors (Lipinski definition) is 2. The molecule has 2 aliphatic heterocycles. The molecule has 1 aliphatic carbocycles. The number of rotatable bonds is 5. The second kappa shape index (κ2) is 9.19. The zero-order chi connectivity index (χ0) is 17.5. The Morgan fingerprint density at radius 3 is 2.60 bits per heavy atom. The molecule has 0 spiro atoms. The van der Waals surface area contributed by atoms with Crippen molar-refractivity contribution in [2.75, 3.05) is 39.9 Å². The summed E-state index contributed by atoms with van der Waals surface area (Å²) in [7, 11) is 1.82. The number of nitrogens with zero attached hydrogens (tertiary/aromatic N) is 2. The zero-order valence-electron chi connectivity index (χ0n) is 15.7. The van der Waals surface area contributed by atoms with Crippen molar-refractivity contribution in [1.82, 2.24) is 10.2 Å². The summed E-state index contributed by atoms with van der Waals surface area (Å²) in [5.74, 6) is 0.911. The Kier molecular flexibility index (Phi) is 6.96. The van der Waals surface area contributed by atoms with E-state index in [1.165, 1.54) is 12.8 Å². The zero-order valence-corrected chi connectivity index (χ0v) is 15.7. The fourth-order valence-electron chi connectivity index (χ4n) is 4.20. The van der Waals surface area contributed by atoms with Crippen LogP contribution in [0.1, 0.15) is 57.8 Å². The van der Waals surface area contributed by atoms with Crippen molar-refractivity contribution in [3.8, 4) is 0 Å². The Labute approximate surface area is 152 Å². The highest BCUT2D eigenvalue weighted by Crippen LogP contribution is 2.28. The van der Waals surface area contributed by atoms with Crippen LogP contribution in [0.5, 0.6) is 0 Å². The Morgan fingerprint density at radius 2 is 1.96 bits per heavy atom. The lowest BCUT2D eigenvalue weighted by molar-refractivity contribution is -0.0721. The Morgan fingerprint density at radius 1 is 1.20 bits per heavy atom. The van der Waals surface area contributed by atoms with Crippen LogP contribution in [0.15, 0.2) is 4.99 Å². The Hall–Kier alpha value is -0.850. The van der Waals surface area contributed by atoms with Crippen LogP contribution in [0.4, 0.5) is 0 Å². The second-order valence-electron chi connectivity index (χ2n) is 7.84. The molecule has 2 N–H and O–H groups in total. The maximum absolute atomic E-state index is 10.5. The lowest BCUT2D eigenvalue weighted by atomic mass is 10.0. The molecule has 0 aromatic rings. The molecule has 0 bridgehead atoms. The highest BCUT2D eigenvalue weighted by atomic mass is 16.5. The third-order valence-electron chi connectivity index (χ3n) is 5.85. The molecule has 6 heteroatoms. The predicted molar refractivity (Wildman–Crippen MR) is 98.9 cm³/mol. The fraction of sp³-hybridized carbons (Fsp3) is 0.947. The van der Waals surface area contributed by atoms with E-state index >= 15 is 0 Å². The van der Waals surface area contributed by atoms with E-state index in [1.807, 2.05) is 7.05 Å². The molecular formula is C19H35N3O3. The monoisotopic (exact) mass is 353 g/mol. The van der Waals surface area contributed by atoms with Crippen molar-refractivity contribution in [3.63, 3.8) is 0 Å². The van der Waals surface area contributed by atoms with E-state index < -0.39 is 5.60 Å². The molecule has 1 unspecified atom stereocenters. The van der Waals surface area contributed by atoms with Gasteiger partial charge in [-0.25, -0.2) is 0 Å². The van der Waals surface area contributed by atoms with Crippen LogP contribution in [0.3, 0.4) is 0 Å². The first-order chi connectivity index (χ1) is 12.2. The van der Waals surface area contributed by atoms with E-state index in [4.69, 9.17) is 9.47 Å². The molecule has 1 saturated carbocycles. The van der Waals surface area contributed by atoms with Crippen molar-refractivity contribution in [1.29, 1.82) is 0 Å². The van der Waals surface area contributed by atoms with Crippen molar-refractivity contribution < 1.29 is 14.6 Å². The van der Waals surface area contributed by atoms with Gasteiger partial charge in [-0.15, -0.1) is 0 Å². The van der Waals surface area contributed by atoms with Gasteiger partial charge in [0.15, 0.2) is 5.96 Å². The molecule has 1 atom stereocenters. The molecule has 25 heavy (non-hydrogen) atoms. The highest BCUT2D eigenvalue weighted by Gasteiger charge is 2.32. The Bertz CT molecular complexity index is 424. The van der Waals surface area contributed by atoms with Crippen LogP contribution < -0.4 is 5.32 Å². The van der Waals surface area contributed by atoms with Crippen LogP contribution in [0.2, 0.25) is 0 Å². The predicted octanol–water partition coefficient (Wildman–Crippen LogP) is 1.92. The minimum atomic E-state index is -0.544. The van der Waals surface area contributed by atoms with Crippen LogP contribution >= 0.6 is 0 Å². The van der Waals surface area contributed by atoms with E-state index in [-0.39, 0.29) is 0 Å². The van der Waals surface area contributed by atoms with Gasteiger partial charge in [0.05, 0.1) is 24.4 Å². The van der Waals surface area contributed by atoms with Crippen molar-refractivity contribution in [3.05, 3.63) is 0 Å². The highest BCUT2D eigenvalue weighted by molar-refractivity contribution is 5.80. The van der Waals surface area contributed by atoms with E-state index in [0.29, 0.717) is 18.8 Å². The van der Waals surface area contributed by atoms with E-state index in [1.54, 1.807) is 0 Å². The first-order valence-corrected chi connectivity index (χ1v) is 10.1. The van der Waals surface area contributed by atoms with Crippen LogP contribution in [-0.4, -0.2) is 73.7 Å². The normalized spacial score (nSPS) is 28.3. The molecule has 6 nitrogen and oxygen atoms in total. The molecule has 2 saturated heterocycles. The number of ether oxygens (including phenoxy) is 2. The lowest BCUT2D eigenvalue weighted by Gasteiger charge is -2.36. The molecule has 0 radical (unpaired) electrons. The third-order valence-corrected chi connectivity index (χ3v) is 5.85. The quantitative estimate of drug-likeness (QED) is 0.584. The van der Waals surface area contributed by atoms with Gasteiger partial charge in [-0.3, -0.25) is 4.99 Å². The first-order valence-electron chi connectivity index (χ1n) is 10.1. The lowest BCUT2D eigenvalue weighted by Crippen LogP contribution is -2.50. The molecule has 2 heterocycles. The summed E-state index contributed by atoms with van der Waals surface area (Å²) in [6, 6.07) is 0. The number of aliphatic imine (C=N–C) groups is 1. The van der Waals surface area contributed by atoms with Gasteiger partial charge >= 0.3 is 0 Å². The van der Waals surface area contributed by atoms with Gasteiger partial charge in [0, 0.05) is 33.3 Å². The number of aliphatic hydroxyl groups is 1.